The molecule has 0 saturated carbocycles. The van der Waals surface area contributed by atoms with E-state index in [9.17, 15) is 4.39 Å². The van der Waals surface area contributed by atoms with Crippen molar-refractivity contribution < 1.29 is 13.9 Å². The third-order valence-corrected chi connectivity index (χ3v) is 2.65. The average Bonchev–Trinajstić information content (AvgIpc) is 2.73. The number of aryl methyl sites for hydroxylation is 1. The molecule has 0 aromatic heterocycles. The molecule has 82 valence electrons. The molecule has 0 radical (unpaired) electrons. The topological polar surface area (TPSA) is 18.5 Å². The van der Waals surface area contributed by atoms with Gasteiger partial charge in [-0.2, -0.15) is 0 Å². The zero-order chi connectivity index (χ0) is 10.7. The summed E-state index contributed by atoms with van der Waals surface area (Å²) in [5.74, 6) is 0.842. The van der Waals surface area contributed by atoms with Crippen molar-refractivity contribution in [3.8, 4) is 5.75 Å². The van der Waals surface area contributed by atoms with Crippen LogP contribution in [0.2, 0.25) is 0 Å². The van der Waals surface area contributed by atoms with Gasteiger partial charge in [-0.05, 0) is 25.0 Å². The molecule has 1 aliphatic rings. The Balaban J connectivity index is 1.90. The van der Waals surface area contributed by atoms with Crippen LogP contribution in [0, 0.1) is 18.7 Å². The van der Waals surface area contributed by atoms with Crippen molar-refractivity contribution in [2.75, 3.05) is 19.8 Å². The predicted molar refractivity (Wildman–Crippen MR) is 55.6 cm³/mol. The van der Waals surface area contributed by atoms with Crippen molar-refractivity contribution in [1.82, 2.24) is 0 Å². The molecule has 0 aliphatic carbocycles. The Hall–Kier alpha value is -1.09. The number of ether oxygens (including phenoxy) is 2. The van der Waals surface area contributed by atoms with E-state index in [1.54, 1.807) is 19.1 Å². The second kappa shape index (κ2) is 4.62. The normalized spacial score (nSPS) is 20.5. The highest BCUT2D eigenvalue weighted by molar-refractivity contribution is 5.27. The van der Waals surface area contributed by atoms with Crippen molar-refractivity contribution >= 4 is 0 Å². The Kier molecular flexibility index (Phi) is 3.21. The fraction of sp³-hybridized carbons (Fsp3) is 0.500. The Bertz CT molecular complexity index is 332. The highest BCUT2D eigenvalue weighted by Gasteiger charge is 2.16. The number of hydrogen-bond donors (Lipinski definition) is 0. The molecule has 2 rings (SSSR count). The highest BCUT2D eigenvalue weighted by atomic mass is 19.1. The second-order valence-corrected chi connectivity index (χ2v) is 3.95. The van der Waals surface area contributed by atoms with Gasteiger partial charge in [-0.15, -0.1) is 0 Å². The molecular formula is C12H15FO2. The van der Waals surface area contributed by atoms with Gasteiger partial charge in [-0.3, -0.25) is 0 Å². The maximum atomic E-state index is 13.2. The molecule has 15 heavy (non-hydrogen) atoms. The maximum Gasteiger partial charge on any atom is 0.129 e. The van der Waals surface area contributed by atoms with Gasteiger partial charge >= 0.3 is 0 Å². The van der Waals surface area contributed by atoms with E-state index in [1.807, 2.05) is 0 Å². The summed E-state index contributed by atoms with van der Waals surface area (Å²) in [6, 6.07) is 4.97. The van der Waals surface area contributed by atoms with Gasteiger partial charge in [0.2, 0.25) is 0 Å². The molecule has 1 atom stereocenters. The fourth-order valence-corrected chi connectivity index (χ4v) is 1.59. The van der Waals surface area contributed by atoms with Crippen molar-refractivity contribution in [2.24, 2.45) is 5.92 Å². The van der Waals surface area contributed by atoms with Crippen LogP contribution in [0.3, 0.4) is 0 Å². The first kappa shape index (κ1) is 10.4. The van der Waals surface area contributed by atoms with E-state index in [-0.39, 0.29) is 5.82 Å². The lowest BCUT2D eigenvalue weighted by molar-refractivity contribution is 0.167. The zero-order valence-electron chi connectivity index (χ0n) is 8.83. The molecular weight excluding hydrogens is 195 g/mol. The summed E-state index contributed by atoms with van der Waals surface area (Å²) in [7, 11) is 0. The van der Waals surface area contributed by atoms with Crippen LogP contribution >= 0.6 is 0 Å². The van der Waals surface area contributed by atoms with E-state index in [0.717, 1.165) is 19.6 Å². The van der Waals surface area contributed by atoms with E-state index < -0.39 is 0 Å². The molecule has 3 heteroatoms. The highest BCUT2D eigenvalue weighted by Crippen LogP contribution is 2.18. The van der Waals surface area contributed by atoms with Gasteiger partial charge in [0, 0.05) is 18.6 Å². The van der Waals surface area contributed by atoms with E-state index >= 15 is 0 Å². The summed E-state index contributed by atoms with van der Waals surface area (Å²) in [5, 5.41) is 0. The molecule has 1 aromatic carbocycles. The minimum atomic E-state index is -0.213. The zero-order valence-corrected chi connectivity index (χ0v) is 8.83. The van der Waals surface area contributed by atoms with Gasteiger partial charge in [0.15, 0.2) is 0 Å². The summed E-state index contributed by atoms with van der Waals surface area (Å²) in [4.78, 5) is 0. The summed E-state index contributed by atoms with van der Waals surface area (Å²) >= 11 is 0. The van der Waals surface area contributed by atoms with Gasteiger partial charge in [0.1, 0.15) is 11.6 Å². The van der Waals surface area contributed by atoms with Crippen LogP contribution in [-0.2, 0) is 4.74 Å². The lowest BCUT2D eigenvalue weighted by atomic mass is 10.1. The first-order valence-corrected chi connectivity index (χ1v) is 5.22. The quantitative estimate of drug-likeness (QED) is 0.763. The molecule has 1 aliphatic heterocycles. The summed E-state index contributed by atoms with van der Waals surface area (Å²) < 4.78 is 23.9. The van der Waals surface area contributed by atoms with Crippen molar-refractivity contribution in [3.05, 3.63) is 29.6 Å². The van der Waals surface area contributed by atoms with Gasteiger partial charge in [0.25, 0.3) is 0 Å². The van der Waals surface area contributed by atoms with Crippen LogP contribution < -0.4 is 4.74 Å². The van der Waals surface area contributed by atoms with E-state index in [4.69, 9.17) is 9.47 Å². The van der Waals surface area contributed by atoms with Gasteiger partial charge in [-0.1, -0.05) is 6.07 Å². The lowest BCUT2D eigenvalue weighted by Gasteiger charge is -2.10. The van der Waals surface area contributed by atoms with Crippen molar-refractivity contribution in [3.63, 3.8) is 0 Å². The third kappa shape index (κ3) is 2.69. The largest absolute Gasteiger partial charge is 0.493 e. The number of benzene rings is 1. The van der Waals surface area contributed by atoms with Gasteiger partial charge in [0.05, 0.1) is 13.2 Å². The summed E-state index contributed by atoms with van der Waals surface area (Å²) in [6.45, 7) is 3.93. The standard InChI is InChI=1S/C12H15FO2/c1-9-2-3-11(6-12(9)13)15-8-10-4-5-14-7-10/h2-3,6,10H,4-5,7-8H2,1H3. The third-order valence-electron chi connectivity index (χ3n) is 2.65. The Morgan fingerprint density at radius 1 is 1.53 bits per heavy atom. The van der Waals surface area contributed by atoms with E-state index in [0.29, 0.717) is 23.8 Å². The smallest absolute Gasteiger partial charge is 0.129 e. The van der Waals surface area contributed by atoms with Crippen LogP contribution in [0.15, 0.2) is 18.2 Å². The molecule has 0 bridgehead atoms. The molecule has 1 heterocycles. The number of hydrogen-bond acceptors (Lipinski definition) is 2. The van der Waals surface area contributed by atoms with E-state index in [2.05, 4.69) is 0 Å². The molecule has 1 saturated heterocycles. The van der Waals surface area contributed by atoms with Crippen LogP contribution in [0.25, 0.3) is 0 Å². The van der Waals surface area contributed by atoms with Crippen molar-refractivity contribution in [1.29, 1.82) is 0 Å². The van der Waals surface area contributed by atoms with Crippen LogP contribution in [0.4, 0.5) is 4.39 Å². The predicted octanol–water partition coefficient (Wildman–Crippen LogP) is 2.55. The van der Waals surface area contributed by atoms with Gasteiger partial charge in [-0.25, -0.2) is 4.39 Å². The van der Waals surface area contributed by atoms with Crippen LogP contribution in [0.1, 0.15) is 12.0 Å². The molecule has 2 nitrogen and oxygen atoms in total. The molecule has 1 fully saturated rings. The molecule has 0 amide bonds. The van der Waals surface area contributed by atoms with Crippen LogP contribution in [0.5, 0.6) is 5.75 Å². The fourth-order valence-electron chi connectivity index (χ4n) is 1.59. The summed E-state index contributed by atoms with van der Waals surface area (Å²) in [6.07, 6.45) is 1.04. The Labute approximate surface area is 89.0 Å². The minimum absolute atomic E-state index is 0.213. The average molecular weight is 210 g/mol. The van der Waals surface area contributed by atoms with Crippen LogP contribution in [-0.4, -0.2) is 19.8 Å². The lowest BCUT2D eigenvalue weighted by Crippen LogP contribution is -2.11. The first-order valence-electron chi connectivity index (χ1n) is 5.22. The Morgan fingerprint density at radius 3 is 3.07 bits per heavy atom. The van der Waals surface area contributed by atoms with Crippen molar-refractivity contribution in [2.45, 2.75) is 13.3 Å². The van der Waals surface area contributed by atoms with E-state index in [1.165, 1.54) is 6.07 Å². The monoisotopic (exact) mass is 210 g/mol. The Morgan fingerprint density at radius 2 is 2.40 bits per heavy atom. The first-order chi connectivity index (χ1) is 7.25. The minimum Gasteiger partial charge on any atom is -0.493 e. The molecule has 1 aromatic rings. The molecule has 1 unspecified atom stereocenters. The SMILES string of the molecule is Cc1ccc(OCC2CCOC2)cc1F. The maximum absolute atomic E-state index is 13.2. The number of rotatable bonds is 3. The molecule has 0 N–H and O–H groups in total. The summed E-state index contributed by atoms with van der Waals surface area (Å²) in [5.41, 5.74) is 0.645. The second-order valence-electron chi connectivity index (χ2n) is 3.95. The van der Waals surface area contributed by atoms with Gasteiger partial charge < -0.3 is 9.47 Å². The number of halogens is 1. The molecule has 0 spiro atoms.